The molecular formula is C20H22Cl2N2O2. The number of nitrogens with one attached hydrogen (secondary N) is 1. The fraction of sp³-hybridized carbons (Fsp3) is 0.350. The van der Waals surface area contributed by atoms with Gasteiger partial charge in [-0.15, -0.1) is 0 Å². The van der Waals surface area contributed by atoms with Crippen molar-refractivity contribution in [3.8, 4) is 5.75 Å². The molecule has 0 unspecified atom stereocenters. The maximum atomic E-state index is 12.7. The molecule has 0 radical (unpaired) electrons. The molecular weight excluding hydrogens is 371 g/mol. The number of rotatable bonds is 5. The van der Waals surface area contributed by atoms with Gasteiger partial charge < -0.3 is 10.1 Å². The van der Waals surface area contributed by atoms with Crippen LogP contribution in [-0.2, 0) is 11.3 Å². The first-order chi connectivity index (χ1) is 12.6. The zero-order valence-electron chi connectivity index (χ0n) is 14.7. The number of hydrogen-bond donors (Lipinski definition) is 1. The van der Waals surface area contributed by atoms with Gasteiger partial charge in [0.05, 0.1) is 18.7 Å². The summed E-state index contributed by atoms with van der Waals surface area (Å²) in [6, 6.07) is 13.0. The third-order valence-electron chi connectivity index (χ3n) is 4.68. The molecule has 138 valence electrons. The van der Waals surface area contributed by atoms with E-state index >= 15 is 0 Å². The summed E-state index contributed by atoms with van der Waals surface area (Å²) in [6.07, 6.45) is 1.83. The molecule has 1 heterocycles. The zero-order chi connectivity index (χ0) is 18.5. The number of carbonyl (C=O) groups excluding carboxylic acids is 1. The lowest BCUT2D eigenvalue weighted by Gasteiger charge is -2.32. The first-order valence-electron chi connectivity index (χ1n) is 8.67. The van der Waals surface area contributed by atoms with Gasteiger partial charge in [0.25, 0.3) is 0 Å². The molecule has 26 heavy (non-hydrogen) atoms. The molecule has 0 aromatic heterocycles. The molecule has 2 aromatic carbocycles. The Morgan fingerprint density at radius 1 is 1.19 bits per heavy atom. The zero-order valence-corrected chi connectivity index (χ0v) is 16.2. The predicted octanol–water partition coefficient (Wildman–Crippen LogP) is 4.85. The number of carbonyl (C=O) groups is 1. The van der Waals surface area contributed by atoms with Gasteiger partial charge in [0, 0.05) is 28.7 Å². The Balaban J connectivity index is 1.65. The number of methoxy groups -OCH3 is 1. The normalized spacial score (nSPS) is 17.7. The smallest absolute Gasteiger partial charge is 0.228 e. The maximum Gasteiger partial charge on any atom is 0.228 e. The Hall–Kier alpha value is -1.75. The number of benzene rings is 2. The van der Waals surface area contributed by atoms with Crippen LogP contribution in [0.4, 0.5) is 5.69 Å². The third-order valence-corrected chi connectivity index (χ3v) is 5.39. The molecule has 1 amide bonds. The number of ether oxygens (including phenoxy) is 1. The Bertz CT molecular complexity index is 762. The Morgan fingerprint density at radius 3 is 2.65 bits per heavy atom. The number of halogens is 2. The van der Waals surface area contributed by atoms with Crippen molar-refractivity contribution in [3.63, 3.8) is 0 Å². The number of para-hydroxylation sites is 2. The van der Waals surface area contributed by atoms with Crippen molar-refractivity contribution in [2.75, 3.05) is 25.5 Å². The summed E-state index contributed by atoms with van der Waals surface area (Å²) >= 11 is 12.6. The van der Waals surface area contributed by atoms with E-state index in [0.29, 0.717) is 34.6 Å². The summed E-state index contributed by atoms with van der Waals surface area (Å²) in [5, 5.41) is 4.33. The lowest BCUT2D eigenvalue weighted by molar-refractivity contribution is -0.121. The number of nitrogens with zero attached hydrogens (tertiary/aromatic N) is 1. The van der Waals surface area contributed by atoms with Crippen molar-refractivity contribution in [2.45, 2.75) is 19.4 Å². The van der Waals surface area contributed by atoms with E-state index in [9.17, 15) is 4.79 Å². The third kappa shape index (κ3) is 4.50. The summed E-state index contributed by atoms with van der Waals surface area (Å²) in [5.41, 5.74) is 1.62. The molecule has 2 aromatic rings. The SMILES string of the molecule is COc1ccccc1NC(=O)[C@@H]1CCCN(Cc2c(Cl)cccc2Cl)C1. The predicted molar refractivity (Wildman–Crippen MR) is 106 cm³/mol. The second-order valence-electron chi connectivity index (χ2n) is 6.46. The summed E-state index contributed by atoms with van der Waals surface area (Å²) in [7, 11) is 1.60. The highest BCUT2D eigenvalue weighted by Gasteiger charge is 2.27. The van der Waals surface area contributed by atoms with Crippen LogP contribution in [0.25, 0.3) is 0 Å². The largest absolute Gasteiger partial charge is 0.495 e. The van der Waals surface area contributed by atoms with Crippen molar-refractivity contribution in [1.29, 1.82) is 0 Å². The summed E-state index contributed by atoms with van der Waals surface area (Å²) in [6.45, 7) is 2.26. The first-order valence-corrected chi connectivity index (χ1v) is 9.43. The van der Waals surface area contributed by atoms with Crippen molar-refractivity contribution in [3.05, 3.63) is 58.1 Å². The fourth-order valence-corrected chi connectivity index (χ4v) is 3.82. The standard InChI is InChI=1S/C20H22Cl2N2O2/c1-26-19-10-3-2-9-18(19)23-20(25)14-6-5-11-24(12-14)13-15-16(21)7-4-8-17(15)22/h2-4,7-10,14H,5-6,11-13H2,1H3,(H,23,25)/t14-/m1/s1. The lowest BCUT2D eigenvalue weighted by Crippen LogP contribution is -2.40. The minimum atomic E-state index is -0.0741. The second-order valence-corrected chi connectivity index (χ2v) is 7.28. The Morgan fingerprint density at radius 2 is 1.92 bits per heavy atom. The number of piperidine rings is 1. The monoisotopic (exact) mass is 392 g/mol. The average Bonchev–Trinajstić information content (AvgIpc) is 2.65. The van der Waals surface area contributed by atoms with Crippen LogP contribution in [-0.4, -0.2) is 31.0 Å². The maximum absolute atomic E-state index is 12.7. The molecule has 0 saturated carbocycles. The van der Waals surface area contributed by atoms with Gasteiger partial charge in [-0.2, -0.15) is 0 Å². The van der Waals surface area contributed by atoms with Crippen LogP contribution in [0, 0.1) is 5.92 Å². The van der Waals surface area contributed by atoms with E-state index in [0.717, 1.165) is 24.9 Å². The number of anilines is 1. The van der Waals surface area contributed by atoms with Gasteiger partial charge in [-0.05, 0) is 43.7 Å². The van der Waals surface area contributed by atoms with Crippen LogP contribution in [0.5, 0.6) is 5.75 Å². The van der Waals surface area contributed by atoms with Crippen LogP contribution < -0.4 is 10.1 Å². The van der Waals surface area contributed by atoms with E-state index < -0.39 is 0 Å². The molecule has 0 spiro atoms. The van der Waals surface area contributed by atoms with Crippen molar-refractivity contribution < 1.29 is 9.53 Å². The summed E-state index contributed by atoms with van der Waals surface area (Å²) in [4.78, 5) is 15.0. The molecule has 1 aliphatic rings. The highest BCUT2D eigenvalue weighted by Crippen LogP contribution is 2.29. The first kappa shape index (κ1) is 19.0. The fourth-order valence-electron chi connectivity index (χ4n) is 3.30. The molecule has 1 N–H and O–H groups in total. The molecule has 6 heteroatoms. The molecule has 1 atom stereocenters. The quantitative estimate of drug-likeness (QED) is 0.790. The van der Waals surface area contributed by atoms with Crippen LogP contribution >= 0.6 is 23.2 Å². The molecule has 1 saturated heterocycles. The van der Waals surface area contributed by atoms with E-state index in [1.165, 1.54) is 0 Å². The van der Waals surface area contributed by atoms with Gasteiger partial charge >= 0.3 is 0 Å². The molecule has 1 fully saturated rings. The summed E-state index contributed by atoms with van der Waals surface area (Å²) < 4.78 is 5.31. The van der Waals surface area contributed by atoms with E-state index in [1.807, 2.05) is 42.5 Å². The Kier molecular flexibility index (Phi) is 6.41. The van der Waals surface area contributed by atoms with E-state index in [1.54, 1.807) is 7.11 Å². The van der Waals surface area contributed by atoms with Gasteiger partial charge in [0.1, 0.15) is 5.75 Å². The van der Waals surface area contributed by atoms with E-state index in [4.69, 9.17) is 27.9 Å². The number of amides is 1. The highest BCUT2D eigenvalue weighted by molar-refractivity contribution is 6.35. The summed E-state index contributed by atoms with van der Waals surface area (Å²) in [5.74, 6) is 0.607. The van der Waals surface area contributed by atoms with Crippen molar-refractivity contribution in [1.82, 2.24) is 4.90 Å². The molecule has 1 aliphatic heterocycles. The van der Waals surface area contributed by atoms with Crippen LogP contribution in [0.3, 0.4) is 0 Å². The van der Waals surface area contributed by atoms with Crippen LogP contribution in [0.2, 0.25) is 10.0 Å². The highest BCUT2D eigenvalue weighted by atomic mass is 35.5. The van der Waals surface area contributed by atoms with Crippen LogP contribution in [0.15, 0.2) is 42.5 Å². The second kappa shape index (κ2) is 8.76. The van der Waals surface area contributed by atoms with Crippen LogP contribution in [0.1, 0.15) is 18.4 Å². The van der Waals surface area contributed by atoms with Crippen molar-refractivity contribution in [2.24, 2.45) is 5.92 Å². The van der Waals surface area contributed by atoms with Gasteiger partial charge in [-0.25, -0.2) is 0 Å². The average molecular weight is 393 g/mol. The lowest BCUT2D eigenvalue weighted by atomic mass is 9.96. The molecule has 0 bridgehead atoms. The minimum absolute atomic E-state index is 0.0180. The molecule has 3 rings (SSSR count). The minimum Gasteiger partial charge on any atom is -0.495 e. The topological polar surface area (TPSA) is 41.6 Å². The Labute approximate surface area is 164 Å². The molecule has 4 nitrogen and oxygen atoms in total. The van der Waals surface area contributed by atoms with E-state index in [-0.39, 0.29) is 11.8 Å². The van der Waals surface area contributed by atoms with Gasteiger partial charge in [-0.1, -0.05) is 41.4 Å². The molecule has 0 aliphatic carbocycles. The van der Waals surface area contributed by atoms with Gasteiger partial charge in [-0.3, -0.25) is 9.69 Å². The number of likely N-dealkylation sites (tertiary alicyclic amines) is 1. The van der Waals surface area contributed by atoms with Gasteiger partial charge in [0.15, 0.2) is 0 Å². The number of hydrogen-bond acceptors (Lipinski definition) is 3. The van der Waals surface area contributed by atoms with Crippen molar-refractivity contribution >= 4 is 34.8 Å². The van der Waals surface area contributed by atoms with E-state index in [2.05, 4.69) is 10.2 Å². The van der Waals surface area contributed by atoms with Gasteiger partial charge in [0.2, 0.25) is 5.91 Å².